The van der Waals surface area contributed by atoms with Crippen molar-refractivity contribution < 1.29 is 19.0 Å². The fraction of sp³-hybridized carbons (Fsp3) is 0.269. The molecule has 0 amide bonds. The van der Waals surface area contributed by atoms with Crippen LogP contribution in [-0.2, 0) is 16.0 Å². The third-order valence-corrected chi connectivity index (χ3v) is 4.87. The fourth-order valence-corrected chi connectivity index (χ4v) is 3.14. The Morgan fingerprint density at radius 2 is 1.30 bits per heavy atom. The molecule has 0 bridgehead atoms. The zero-order valence-corrected chi connectivity index (χ0v) is 17.5. The van der Waals surface area contributed by atoms with Gasteiger partial charge in [0.05, 0.1) is 13.2 Å². The highest BCUT2D eigenvalue weighted by Crippen LogP contribution is 2.22. The number of rotatable bonds is 11. The van der Waals surface area contributed by atoms with Gasteiger partial charge < -0.3 is 14.2 Å². The predicted octanol–water partition coefficient (Wildman–Crippen LogP) is 5.35. The molecule has 0 radical (unpaired) electrons. The maximum Gasteiger partial charge on any atom is 0.158 e. The van der Waals surface area contributed by atoms with E-state index in [0.717, 1.165) is 23.5 Å². The summed E-state index contributed by atoms with van der Waals surface area (Å²) in [7, 11) is 1.56. The molecule has 4 nitrogen and oxygen atoms in total. The molecule has 30 heavy (non-hydrogen) atoms. The Morgan fingerprint density at radius 3 is 1.83 bits per heavy atom. The molecule has 3 rings (SSSR count). The quantitative estimate of drug-likeness (QED) is 0.404. The average Bonchev–Trinajstić information content (AvgIpc) is 2.79. The second-order valence-electron chi connectivity index (χ2n) is 7.12. The van der Waals surface area contributed by atoms with Crippen molar-refractivity contribution in [3.05, 3.63) is 84.4 Å². The van der Waals surface area contributed by atoms with Crippen LogP contribution < -0.4 is 9.47 Å². The first-order valence-corrected chi connectivity index (χ1v) is 10.2. The van der Waals surface area contributed by atoms with Crippen LogP contribution in [-0.4, -0.2) is 32.2 Å². The Balaban J connectivity index is 1.37. The van der Waals surface area contributed by atoms with Gasteiger partial charge in [-0.1, -0.05) is 54.6 Å². The van der Waals surface area contributed by atoms with E-state index in [2.05, 4.69) is 24.3 Å². The van der Waals surface area contributed by atoms with Crippen LogP contribution in [0.25, 0.3) is 11.1 Å². The van der Waals surface area contributed by atoms with Gasteiger partial charge in [0.1, 0.15) is 17.6 Å². The second kappa shape index (κ2) is 11.2. The maximum atomic E-state index is 11.5. The first kappa shape index (κ1) is 21.6. The lowest BCUT2D eigenvalue weighted by molar-refractivity contribution is -0.126. The smallest absolute Gasteiger partial charge is 0.158 e. The van der Waals surface area contributed by atoms with Gasteiger partial charge in [-0.3, -0.25) is 4.79 Å². The summed E-state index contributed by atoms with van der Waals surface area (Å²) in [6.45, 7) is 2.72. The summed E-state index contributed by atoms with van der Waals surface area (Å²) in [6.07, 6.45) is 0.969. The summed E-state index contributed by atoms with van der Waals surface area (Å²) in [6, 6.07) is 26.2. The molecule has 0 aliphatic carbocycles. The summed E-state index contributed by atoms with van der Waals surface area (Å²) >= 11 is 0. The van der Waals surface area contributed by atoms with Crippen molar-refractivity contribution in [2.45, 2.75) is 25.9 Å². The minimum absolute atomic E-state index is 0.0348. The van der Waals surface area contributed by atoms with Crippen molar-refractivity contribution in [3.63, 3.8) is 0 Å². The van der Waals surface area contributed by atoms with E-state index in [1.54, 1.807) is 14.0 Å². The summed E-state index contributed by atoms with van der Waals surface area (Å²) in [5.41, 5.74) is 3.42. The topological polar surface area (TPSA) is 44.8 Å². The lowest BCUT2D eigenvalue weighted by Crippen LogP contribution is -2.22. The van der Waals surface area contributed by atoms with E-state index < -0.39 is 6.10 Å². The highest BCUT2D eigenvalue weighted by atomic mass is 16.5. The molecule has 1 atom stereocenters. The maximum absolute atomic E-state index is 11.5. The molecule has 0 fully saturated rings. The van der Waals surface area contributed by atoms with Gasteiger partial charge in [0.25, 0.3) is 0 Å². The van der Waals surface area contributed by atoms with Crippen LogP contribution >= 0.6 is 0 Å². The number of hydrogen-bond donors (Lipinski definition) is 0. The molecule has 3 aromatic carbocycles. The molecule has 0 spiro atoms. The minimum Gasteiger partial charge on any atom is -0.493 e. The number of methoxy groups -OCH3 is 1. The monoisotopic (exact) mass is 404 g/mol. The summed E-state index contributed by atoms with van der Waals surface area (Å²) in [4.78, 5) is 11.5. The van der Waals surface area contributed by atoms with Crippen molar-refractivity contribution in [1.82, 2.24) is 0 Å². The van der Waals surface area contributed by atoms with Crippen molar-refractivity contribution in [3.8, 4) is 22.6 Å². The number of carbonyl (C=O) groups excluding carboxylic acids is 1. The lowest BCUT2D eigenvalue weighted by atomic mass is 10.1. The Hall–Kier alpha value is -3.11. The van der Waals surface area contributed by atoms with Gasteiger partial charge in [0, 0.05) is 20.0 Å². The summed E-state index contributed by atoms with van der Waals surface area (Å²) in [5, 5.41) is 0. The van der Waals surface area contributed by atoms with E-state index >= 15 is 0 Å². The number of carbonyl (C=O) groups is 1. The zero-order chi connectivity index (χ0) is 21.2. The number of Topliss-reactive ketones (excluding diaryl/α,β-unsaturated/α-hetero) is 1. The molecule has 0 aromatic heterocycles. The number of benzene rings is 3. The molecule has 0 saturated heterocycles. The SMILES string of the molecule is CO[C@@H](Cc1ccc(OCCCOc2ccc(-c3ccccc3)cc2)cc1)C(C)=O. The minimum atomic E-state index is -0.393. The van der Waals surface area contributed by atoms with E-state index in [9.17, 15) is 4.79 Å². The highest BCUT2D eigenvalue weighted by molar-refractivity contribution is 5.80. The third kappa shape index (κ3) is 6.46. The van der Waals surface area contributed by atoms with Crippen LogP contribution in [0.2, 0.25) is 0 Å². The lowest BCUT2D eigenvalue weighted by Gasteiger charge is -2.12. The van der Waals surface area contributed by atoms with Gasteiger partial charge in [0.2, 0.25) is 0 Å². The van der Waals surface area contributed by atoms with Crippen LogP contribution in [0.5, 0.6) is 11.5 Å². The van der Waals surface area contributed by atoms with E-state index in [0.29, 0.717) is 19.6 Å². The number of hydrogen-bond acceptors (Lipinski definition) is 4. The Morgan fingerprint density at radius 1 is 0.767 bits per heavy atom. The standard InChI is InChI=1S/C26H28O4/c1-20(27)26(28-2)19-21-9-13-24(14-10-21)29-17-6-18-30-25-15-11-23(12-16-25)22-7-4-3-5-8-22/h3-5,7-16,26H,6,17-19H2,1-2H3/t26-/m0/s1. The van der Waals surface area contributed by atoms with Crippen LogP contribution in [0.15, 0.2) is 78.9 Å². The van der Waals surface area contributed by atoms with E-state index in [4.69, 9.17) is 14.2 Å². The average molecular weight is 405 g/mol. The van der Waals surface area contributed by atoms with E-state index in [1.807, 2.05) is 54.6 Å². The van der Waals surface area contributed by atoms with Crippen molar-refractivity contribution >= 4 is 5.78 Å². The normalized spacial score (nSPS) is 11.7. The first-order chi connectivity index (χ1) is 14.7. The summed E-state index contributed by atoms with van der Waals surface area (Å²) < 4.78 is 16.8. The molecule has 3 aromatic rings. The highest BCUT2D eigenvalue weighted by Gasteiger charge is 2.13. The molecular formula is C26H28O4. The van der Waals surface area contributed by atoms with Crippen molar-refractivity contribution in [1.29, 1.82) is 0 Å². The molecule has 0 N–H and O–H groups in total. The second-order valence-corrected chi connectivity index (χ2v) is 7.12. The molecule has 0 saturated carbocycles. The van der Waals surface area contributed by atoms with Gasteiger partial charge in [-0.2, -0.15) is 0 Å². The molecule has 4 heteroatoms. The van der Waals surface area contributed by atoms with Crippen molar-refractivity contribution in [2.75, 3.05) is 20.3 Å². The largest absolute Gasteiger partial charge is 0.493 e. The molecule has 156 valence electrons. The molecule has 0 aliphatic heterocycles. The molecule has 0 unspecified atom stereocenters. The fourth-order valence-electron chi connectivity index (χ4n) is 3.14. The van der Waals surface area contributed by atoms with Crippen LogP contribution in [0.1, 0.15) is 18.9 Å². The first-order valence-electron chi connectivity index (χ1n) is 10.2. The third-order valence-electron chi connectivity index (χ3n) is 4.87. The van der Waals surface area contributed by atoms with Gasteiger partial charge >= 0.3 is 0 Å². The summed E-state index contributed by atoms with van der Waals surface area (Å²) in [5.74, 6) is 1.70. The molecule has 0 heterocycles. The predicted molar refractivity (Wildman–Crippen MR) is 119 cm³/mol. The van der Waals surface area contributed by atoms with Crippen LogP contribution in [0, 0.1) is 0 Å². The van der Waals surface area contributed by atoms with E-state index in [1.165, 1.54) is 11.1 Å². The molecule has 0 aliphatic rings. The van der Waals surface area contributed by atoms with Gasteiger partial charge in [-0.05, 0) is 47.9 Å². The van der Waals surface area contributed by atoms with E-state index in [-0.39, 0.29) is 5.78 Å². The van der Waals surface area contributed by atoms with Gasteiger partial charge in [-0.25, -0.2) is 0 Å². The Bertz CT molecular complexity index is 902. The number of ketones is 1. The van der Waals surface area contributed by atoms with Crippen LogP contribution in [0.3, 0.4) is 0 Å². The van der Waals surface area contributed by atoms with Gasteiger partial charge in [0.15, 0.2) is 5.78 Å². The number of ether oxygens (including phenoxy) is 3. The van der Waals surface area contributed by atoms with Crippen molar-refractivity contribution in [2.24, 2.45) is 0 Å². The Kier molecular flexibility index (Phi) is 8.04. The zero-order valence-electron chi connectivity index (χ0n) is 17.5. The molecular weight excluding hydrogens is 376 g/mol. The van der Waals surface area contributed by atoms with Gasteiger partial charge in [-0.15, -0.1) is 0 Å². The Labute approximate surface area is 178 Å². The van der Waals surface area contributed by atoms with Crippen LogP contribution in [0.4, 0.5) is 0 Å².